The Kier molecular flexibility index (Phi) is 6.21. The molecule has 112 valence electrons. The number of benzene rings is 1. The predicted octanol–water partition coefficient (Wildman–Crippen LogP) is 4.44. The first-order valence-electron chi connectivity index (χ1n) is 7.01. The van der Waals surface area contributed by atoms with E-state index in [4.69, 9.17) is 0 Å². The van der Waals surface area contributed by atoms with Gasteiger partial charge in [0.2, 0.25) is 0 Å². The van der Waals surface area contributed by atoms with E-state index in [2.05, 4.69) is 63.3 Å². The Bertz CT molecular complexity index is 602. The molecule has 0 saturated heterocycles. The minimum Gasteiger partial charge on any atom is -0.312 e. The van der Waals surface area contributed by atoms with Crippen LogP contribution < -0.4 is 5.32 Å². The van der Waals surface area contributed by atoms with Gasteiger partial charge in [-0.25, -0.2) is 9.97 Å². The molecule has 0 unspecified atom stereocenters. The van der Waals surface area contributed by atoms with Gasteiger partial charge in [-0.1, -0.05) is 19.9 Å². The van der Waals surface area contributed by atoms with Gasteiger partial charge in [-0.2, -0.15) is 0 Å². The first-order valence-corrected chi connectivity index (χ1v) is 8.62. The molecule has 0 saturated carbocycles. The van der Waals surface area contributed by atoms with Gasteiger partial charge in [-0.05, 0) is 70.8 Å². The van der Waals surface area contributed by atoms with Crippen LogP contribution in [0.4, 0.5) is 0 Å². The zero-order valence-electron chi connectivity index (χ0n) is 12.6. The molecular weight excluding hydrogens is 346 g/mol. The summed E-state index contributed by atoms with van der Waals surface area (Å²) in [4.78, 5) is 9.84. The zero-order chi connectivity index (χ0) is 15.2. The molecule has 0 radical (unpaired) electrons. The molecular formula is C16H20BrN3S. The van der Waals surface area contributed by atoms with Gasteiger partial charge in [0.05, 0.1) is 0 Å². The van der Waals surface area contributed by atoms with Crippen molar-refractivity contribution in [2.24, 2.45) is 5.92 Å². The van der Waals surface area contributed by atoms with E-state index in [0.29, 0.717) is 5.92 Å². The third-order valence-corrected chi connectivity index (χ3v) is 4.73. The molecule has 5 heteroatoms. The summed E-state index contributed by atoms with van der Waals surface area (Å²) >= 11 is 5.22. The molecule has 0 spiro atoms. The van der Waals surface area contributed by atoms with Crippen LogP contribution in [0.1, 0.15) is 25.1 Å². The van der Waals surface area contributed by atoms with Gasteiger partial charge in [0.1, 0.15) is 0 Å². The van der Waals surface area contributed by atoms with Gasteiger partial charge in [0.25, 0.3) is 0 Å². The molecule has 2 rings (SSSR count). The summed E-state index contributed by atoms with van der Waals surface area (Å²) in [5.74, 6) is 0.668. The largest absolute Gasteiger partial charge is 0.312 e. The molecule has 1 aromatic carbocycles. The van der Waals surface area contributed by atoms with E-state index in [-0.39, 0.29) is 0 Å². The molecule has 2 aromatic rings. The third-order valence-electron chi connectivity index (χ3n) is 2.85. The number of aromatic nitrogens is 2. The van der Waals surface area contributed by atoms with Gasteiger partial charge in [-0.15, -0.1) is 0 Å². The molecule has 1 heterocycles. The van der Waals surface area contributed by atoms with Crippen LogP contribution in [-0.4, -0.2) is 16.5 Å². The van der Waals surface area contributed by atoms with Gasteiger partial charge in [0.15, 0.2) is 5.16 Å². The van der Waals surface area contributed by atoms with E-state index < -0.39 is 0 Å². The summed E-state index contributed by atoms with van der Waals surface area (Å²) < 4.78 is 1.08. The smallest absolute Gasteiger partial charge is 0.192 e. The van der Waals surface area contributed by atoms with E-state index >= 15 is 0 Å². The van der Waals surface area contributed by atoms with Crippen molar-refractivity contribution in [2.45, 2.75) is 37.4 Å². The van der Waals surface area contributed by atoms with E-state index in [9.17, 15) is 0 Å². The van der Waals surface area contributed by atoms with Crippen molar-refractivity contribution in [3.8, 4) is 0 Å². The standard InChI is InChI=1S/C16H20BrN3S/c1-11(2)9-18-10-13-4-5-15(14(17)8-13)21-16-19-7-6-12(3)20-16/h4-8,11,18H,9-10H2,1-3H3. The van der Waals surface area contributed by atoms with Crippen LogP contribution in [0, 0.1) is 12.8 Å². The Labute approximate surface area is 139 Å². The van der Waals surface area contributed by atoms with Crippen LogP contribution >= 0.6 is 27.7 Å². The predicted molar refractivity (Wildman–Crippen MR) is 91.6 cm³/mol. The zero-order valence-corrected chi connectivity index (χ0v) is 15.0. The van der Waals surface area contributed by atoms with Crippen molar-refractivity contribution in [1.29, 1.82) is 0 Å². The first kappa shape index (κ1) is 16.5. The third kappa shape index (κ3) is 5.41. The highest BCUT2D eigenvalue weighted by molar-refractivity contribution is 9.10. The lowest BCUT2D eigenvalue weighted by Gasteiger charge is -2.09. The second kappa shape index (κ2) is 7.92. The van der Waals surface area contributed by atoms with Crippen LogP contribution in [0.5, 0.6) is 0 Å². The molecule has 0 fully saturated rings. The molecule has 0 atom stereocenters. The highest BCUT2D eigenvalue weighted by Gasteiger charge is 2.06. The molecule has 0 aliphatic heterocycles. The SMILES string of the molecule is Cc1ccnc(Sc2ccc(CNCC(C)C)cc2Br)n1. The highest BCUT2D eigenvalue weighted by Crippen LogP contribution is 2.32. The maximum atomic E-state index is 4.42. The normalized spacial score (nSPS) is 11.1. The van der Waals surface area contributed by atoms with Crippen LogP contribution in [0.25, 0.3) is 0 Å². The number of nitrogens with one attached hydrogen (secondary N) is 1. The van der Waals surface area contributed by atoms with Gasteiger partial charge in [0, 0.05) is 27.8 Å². The number of nitrogens with zero attached hydrogens (tertiary/aromatic N) is 2. The van der Waals surface area contributed by atoms with Gasteiger partial charge >= 0.3 is 0 Å². The molecule has 3 nitrogen and oxygen atoms in total. The van der Waals surface area contributed by atoms with Gasteiger partial charge < -0.3 is 5.32 Å². The fourth-order valence-corrected chi connectivity index (χ4v) is 3.28. The fourth-order valence-electron chi connectivity index (χ4n) is 1.82. The van der Waals surface area contributed by atoms with Crippen molar-refractivity contribution in [2.75, 3.05) is 6.54 Å². The minimum absolute atomic E-state index is 0.668. The second-order valence-corrected chi connectivity index (χ2v) is 7.24. The Morgan fingerprint density at radius 2 is 2.10 bits per heavy atom. The molecule has 1 N–H and O–H groups in total. The number of rotatable bonds is 6. The Morgan fingerprint density at radius 3 is 2.76 bits per heavy atom. The monoisotopic (exact) mass is 365 g/mol. The summed E-state index contributed by atoms with van der Waals surface area (Å²) in [7, 11) is 0. The molecule has 21 heavy (non-hydrogen) atoms. The molecule has 0 aliphatic rings. The molecule has 0 bridgehead atoms. The molecule has 0 aliphatic carbocycles. The fraction of sp³-hybridized carbons (Fsp3) is 0.375. The van der Waals surface area contributed by atoms with Crippen molar-refractivity contribution < 1.29 is 0 Å². The quantitative estimate of drug-likeness (QED) is 0.767. The summed E-state index contributed by atoms with van der Waals surface area (Å²) in [5, 5.41) is 4.23. The summed E-state index contributed by atoms with van der Waals surface area (Å²) in [6.07, 6.45) is 1.79. The number of hydrogen-bond donors (Lipinski definition) is 1. The lowest BCUT2D eigenvalue weighted by molar-refractivity contribution is 0.552. The summed E-state index contributed by atoms with van der Waals surface area (Å²) in [5.41, 5.74) is 2.26. The maximum Gasteiger partial charge on any atom is 0.192 e. The second-order valence-electron chi connectivity index (χ2n) is 5.37. The minimum atomic E-state index is 0.668. The summed E-state index contributed by atoms with van der Waals surface area (Å²) in [6, 6.07) is 8.33. The Balaban J connectivity index is 2.02. The van der Waals surface area contributed by atoms with Crippen molar-refractivity contribution in [3.05, 3.63) is 46.2 Å². The average molecular weight is 366 g/mol. The Morgan fingerprint density at radius 1 is 1.29 bits per heavy atom. The van der Waals surface area contributed by atoms with E-state index in [1.54, 1.807) is 18.0 Å². The highest BCUT2D eigenvalue weighted by atomic mass is 79.9. The van der Waals surface area contributed by atoms with Crippen molar-refractivity contribution >= 4 is 27.7 Å². The van der Waals surface area contributed by atoms with E-state index in [0.717, 1.165) is 33.3 Å². The van der Waals surface area contributed by atoms with E-state index in [1.807, 2.05) is 13.0 Å². The van der Waals surface area contributed by atoms with Crippen molar-refractivity contribution in [3.63, 3.8) is 0 Å². The maximum absolute atomic E-state index is 4.42. The lowest BCUT2D eigenvalue weighted by atomic mass is 10.2. The van der Waals surface area contributed by atoms with Crippen molar-refractivity contribution in [1.82, 2.24) is 15.3 Å². The van der Waals surface area contributed by atoms with Crippen LogP contribution in [0.2, 0.25) is 0 Å². The van der Waals surface area contributed by atoms with Crippen LogP contribution in [-0.2, 0) is 6.54 Å². The number of hydrogen-bond acceptors (Lipinski definition) is 4. The number of aryl methyl sites for hydroxylation is 1. The number of halogens is 1. The Hall–Kier alpha value is -0.910. The van der Waals surface area contributed by atoms with Crippen LogP contribution in [0.15, 0.2) is 45.0 Å². The topological polar surface area (TPSA) is 37.8 Å². The lowest BCUT2D eigenvalue weighted by Crippen LogP contribution is -2.18. The summed E-state index contributed by atoms with van der Waals surface area (Å²) in [6.45, 7) is 8.33. The molecule has 1 aromatic heterocycles. The van der Waals surface area contributed by atoms with Gasteiger partial charge in [-0.3, -0.25) is 0 Å². The average Bonchev–Trinajstić information content (AvgIpc) is 2.41. The molecule has 0 amide bonds. The van der Waals surface area contributed by atoms with Crippen LogP contribution in [0.3, 0.4) is 0 Å². The first-order chi connectivity index (χ1) is 10.0. The van der Waals surface area contributed by atoms with E-state index in [1.165, 1.54) is 5.56 Å².